The fraction of sp³-hybridized carbons (Fsp3) is 0.118. The molecule has 7 nitrogen and oxygen atoms in total. The molecule has 1 aromatic carbocycles. The second-order valence-corrected chi connectivity index (χ2v) is 6.77. The van der Waals surface area contributed by atoms with Gasteiger partial charge in [-0.1, -0.05) is 17.4 Å². The Morgan fingerprint density at radius 1 is 1.35 bits per heavy atom. The maximum atomic E-state index is 14.3. The van der Waals surface area contributed by atoms with E-state index in [0.717, 1.165) is 22.3 Å². The van der Waals surface area contributed by atoms with Gasteiger partial charge in [-0.15, -0.1) is 0 Å². The van der Waals surface area contributed by atoms with E-state index >= 15 is 0 Å². The van der Waals surface area contributed by atoms with E-state index in [9.17, 15) is 4.39 Å². The van der Waals surface area contributed by atoms with Gasteiger partial charge in [-0.3, -0.25) is 20.5 Å². The van der Waals surface area contributed by atoms with E-state index in [1.54, 1.807) is 42.5 Å². The van der Waals surface area contributed by atoms with Gasteiger partial charge >= 0.3 is 0 Å². The van der Waals surface area contributed by atoms with Crippen LogP contribution in [0.4, 0.5) is 4.39 Å². The Morgan fingerprint density at radius 3 is 2.96 bits per heavy atom. The molecule has 0 aliphatic carbocycles. The molecule has 0 atom stereocenters. The van der Waals surface area contributed by atoms with Crippen LogP contribution < -0.4 is 4.80 Å². The van der Waals surface area contributed by atoms with Crippen LogP contribution in [0.25, 0.3) is 21.5 Å². The Kier molecular flexibility index (Phi) is 3.92. The van der Waals surface area contributed by atoms with Gasteiger partial charge < -0.3 is 0 Å². The summed E-state index contributed by atoms with van der Waals surface area (Å²) in [7, 11) is 1.80. The zero-order chi connectivity index (χ0) is 18.3. The van der Waals surface area contributed by atoms with E-state index in [1.165, 1.54) is 10.7 Å². The van der Waals surface area contributed by atoms with Crippen molar-refractivity contribution in [2.45, 2.75) is 6.42 Å². The van der Waals surface area contributed by atoms with Crippen molar-refractivity contribution in [3.8, 4) is 10.6 Å². The summed E-state index contributed by atoms with van der Waals surface area (Å²) in [6, 6.07) is 6.69. The standard InChI is InChI=1S/C17H14FN7S/c1-24-9-12(8-22-24)16-23-25(17(20)26-16)15(19)6-11-5-10-3-2-4-21-14(10)7-13(11)18/h2-5,7-9,19-20H,6H2,1H3. The first-order chi connectivity index (χ1) is 12.5. The Labute approximate surface area is 151 Å². The Balaban J connectivity index is 1.66. The van der Waals surface area contributed by atoms with Crippen LogP contribution >= 0.6 is 11.3 Å². The third-order valence-electron chi connectivity index (χ3n) is 3.91. The highest BCUT2D eigenvalue weighted by molar-refractivity contribution is 7.12. The Bertz CT molecular complexity index is 1190. The second kappa shape index (κ2) is 6.26. The van der Waals surface area contributed by atoms with Crippen molar-refractivity contribution >= 4 is 28.1 Å². The molecule has 0 aliphatic heterocycles. The monoisotopic (exact) mass is 367 g/mol. The first kappa shape index (κ1) is 16.3. The molecule has 130 valence electrons. The SMILES string of the molecule is Cn1cc(-c2nn(C(=N)Cc3cc4cccnc4cc3F)c(=N)s2)cn1. The quantitative estimate of drug-likeness (QED) is 0.430. The van der Waals surface area contributed by atoms with Crippen LogP contribution in [0.1, 0.15) is 5.56 Å². The van der Waals surface area contributed by atoms with Crippen molar-refractivity contribution in [3.63, 3.8) is 0 Å². The van der Waals surface area contributed by atoms with Crippen molar-refractivity contribution in [2.75, 3.05) is 0 Å². The molecule has 0 saturated carbocycles. The molecule has 4 rings (SSSR count). The summed E-state index contributed by atoms with van der Waals surface area (Å²) < 4.78 is 17.2. The van der Waals surface area contributed by atoms with Crippen LogP contribution in [0, 0.1) is 16.6 Å². The lowest BCUT2D eigenvalue weighted by atomic mass is 10.1. The number of hydrogen-bond acceptors (Lipinski definition) is 6. The predicted molar refractivity (Wildman–Crippen MR) is 96.7 cm³/mol. The maximum Gasteiger partial charge on any atom is 0.206 e. The second-order valence-electron chi connectivity index (χ2n) is 5.79. The minimum Gasteiger partial charge on any atom is -0.286 e. The third kappa shape index (κ3) is 2.93. The normalized spacial score (nSPS) is 11.2. The predicted octanol–water partition coefficient (Wildman–Crippen LogP) is 2.58. The molecular formula is C17H14FN7S. The van der Waals surface area contributed by atoms with Gasteiger partial charge in [0.1, 0.15) is 11.7 Å². The van der Waals surface area contributed by atoms with E-state index in [1.807, 2.05) is 6.07 Å². The molecule has 0 fully saturated rings. The highest BCUT2D eigenvalue weighted by Crippen LogP contribution is 2.20. The summed E-state index contributed by atoms with van der Waals surface area (Å²) in [4.78, 5) is 4.23. The van der Waals surface area contributed by atoms with Gasteiger partial charge in [0.15, 0.2) is 5.01 Å². The molecular weight excluding hydrogens is 353 g/mol. The zero-order valence-electron chi connectivity index (χ0n) is 13.8. The Morgan fingerprint density at radius 2 is 2.19 bits per heavy atom. The van der Waals surface area contributed by atoms with Crippen molar-refractivity contribution in [3.05, 3.63) is 59.0 Å². The summed E-state index contributed by atoms with van der Waals surface area (Å²) in [6.45, 7) is 0. The highest BCUT2D eigenvalue weighted by atomic mass is 32.1. The van der Waals surface area contributed by atoms with E-state index < -0.39 is 5.82 Å². The first-order valence-corrected chi connectivity index (χ1v) is 8.57. The summed E-state index contributed by atoms with van der Waals surface area (Å²) in [5.74, 6) is -0.390. The molecule has 0 radical (unpaired) electrons. The smallest absolute Gasteiger partial charge is 0.206 e. The lowest BCUT2D eigenvalue weighted by molar-refractivity contribution is 0.616. The molecule has 0 amide bonds. The van der Waals surface area contributed by atoms with Crippen molar-refractivity contribution < 1.29 is 4.39 Å². The van der Waals surface area contributed by atoms with Gasteiger partial charge in [-0.25, -0.2) is 4.39 Å². The van der Waals surface area contributed by atoms with Crippen LogP contribution in [-0.2, 0) is 13.5 Å². The van der Waals surface area contributed by atoms with Gasteiger partial charge in [0, 0.05) is 37.3 Å². The lowest BCUT2D eigenvalue weighted by Crippen LogP contribution is -2.25. The minimum absolute atomic E-state index is 0.0310. The number of rotatable bonds is 3. The molecule has 3 aromatic heterocycles. The van der Waals surface area contributed by atoms with Gasteiger partial charge in [0.05, 0.1) is 17.3 Å². The number of halogens is 1. The van der Waals surface area contributed by atoms with E-state index in [2.05, 4.69) is 15.2 Å². The molecule has 0 aliphatic rings. The molecule has 4 aromatic rings. The zero-order valence-corrected chi connectivity index (χ0v) is 14.6. The van der Waals surface area contributed by atoms with Gasteiger partial charge in [0.2, 0.25) is 4.80 Å². The number of nitrogens with one attached hydrogen (secondary N) is 2. The Hall–Kier alpha value is -3.20. The van der Waals surface area contributed by atoms with Gasteiger partial charge in [-0.2, -0.15) is 14.9 Å². The number of aromatic nitrogens is 5. The van der Waals surface area contributed by atoms with Crippen LogP contribution in [0.2, 0.25) is 0 Å². The van der Waals surface area contributed by atoms with Crippen molar-refractivity contribution in [2.24, 2.45) is 7.05 Å². The van der Waals surface area contributed by atoms with Crippen LogP contribution in [-0.4, -0.2) is 30.4 Å². The molecule has 9 heteroatoms. The molecule has 0 unspecified atom stereocenters. The number of fused-ring (bicyclic) bond motifs is 1. The summed E-state index contributed by atoms with van der Waals surface area (Å²) >= 11 is 1.15. The van der Waals surface area contributed by atoms with E-state index in [4.69, 9.17) is 10.8 Å². The first-order valence-electron chi connectivity index (χ1n) is 7.76. The lowest BCUT2D eigenvalue weighted by Gasteiger charge is -2.07. The van der Waals surface area contributed by atoms with Gasteiger partial charge in [0.25, 0.3) is 0 Å². The minimum atomic E-state index is -0.421. The highest BCUT2D eigenvalue weighted by Gasteiger charge is 2.14. The van der Waals surface area contributed by atoms with Crippen molar-refractivity contribution in [1.82, 2.24) is 24.5 Å². The molecule has 26 heavy (non-hydrogen) atoms. The molecule has 2 N–H and O–H groups in total. The number of pyridine rings is 1. The van der Waals surface area contributed by atoms with Gasteiger partial charge in [-0.05, 0) is 17.7 Å². The maximum absolute atomic E-state index is 14.3. The third-order valence-corrected chi connectivity index (χ3v) is 4.79. The van der Waals surface area contributed by atoms with Crippen LogP contribution in [0.15, 0.2) is 42.9 Å². The van der Waals surface area contributed by atoms with Crippen molar-refractivity contribution in [1.29, 1.82) is 10.8 Å². The number of hydrogen-bond donors (Lipinski definition) is 2. The van der Waals surface area contributed by atoms with Crippen LogP contribution in [0.5, 0.6) is 0 Å². The number of benzene rings is 1. The summed E-state index contributed by atoms with van der Waals surface area (Å²) in [5, 5.41) is 26.2. The fourth-order valence-electron chi connectivity index (χ4n) is 2.66. The number of aryl methyl sites for hydroxylation is 1. The van der Waals surface area contributed by atoms with E-state index in [0.29, 0.717) is 16.1 Å². The molecule has 0 spiro atoms. The van der Waals surface area contributed by atoms with E-state index in [-0.39, 0.29) is 17.1 Å². The molecule has 3 heterocycles. The largest absolute Gasteiger partial charge is 0.286 e. The fourth-order valence-corrected chi connectivity index (χ4v) is 3.42. The van der Waals surface area contributed by atoms with Crippen LogP contribution in [0.3, 0.4) is 0 Å². The number of nitrogens with zero attached hydrogens (tertiary/aromatic N) is 5. The molecule has 0 saturated heterocycles. The summed E-state index contributed by atoms with van der Waals surface area (Å²) in [5.41, 5.74) is 1.72. The average molecular weight is 367 g/mol. The molecule has 0 bridgehead atoms. The average Bonchev–Trinajstić information content (AvgIpc) is 3.21. The topological polar surface area (TPSA) is 96.2 Å². The summed E-state index contributed by atoms with van der Waals surface area (Å²) in [6.07, 6.45) is 5.09.